The summed E-state index contributed by atoms with van der Waals surface area (Å²) in [5, 5.41) is 17.3. The number of hydrogen-bond donors (Lipinski definition) is 2. The predicted octanol–water partition coefficient (Wildman–Crippen LogP) is 4.62. The van der Waals surface area contributed by atoms with Gasteiger partial charge >= 0.3 is 0 Å². The van der Waals surface area contributed by atoms with Crippen molar-refractivity contribution in [3.05, 3.63) is 71.1 Å². The fraction of sp³-hybridized carbons (Fsp3) is 0.280. The molecule has 2 aliphatic rings. The molecular formula is C25H24N4O3. The fourth-order valence-corrected chi connectivity index (χ4v) is 4.49. The van der Waals surface area contributed by atoms with Gasteiger partial charge in [0.15, 0.2) is 0 Å². The molecule has 0 unspecified atom stereocenters. The molecule has 1 atom stereocenters. The first-order valence-corrected chi connectivity index (χ1v) is 10.7. The molecule has 1 aliphatic heterocycles. The third-order valence-corrected chi connectivity index (χ3v) is 6.14. The summed E-state index contributed by atoms with van der Waals surface area (Å²) in [6.45, 7) is 0. The number of nitrogens with zero attached hydrogens (tertiary/aromatic N) is 2. The van der Waals surface area contributed by atoms with Gasteiger partial charge in [-0.3, -0.25) is 5.10 Å². The van der Waals surface area contributed by atoms with Crippen molar-refractivity contribution in [3.8, 4) is 34.7 Å². The minimum Gasteiger partial charge on any atom is -0.497 e. The number of nitrogens with one attached hydrogen (secondary N) is 1. The fourth-order valence-electron chi connectivity index (χ4n) is 4.49. The summed E-state index contributed by atoms with van der Waals surface area (Å²) in [5.74, 6) is 1.65. The summed E-state index contributed by atoms with van der Waals surface area (Å²) in [4.78, 5) is 0. The molecule has 1 aromatic heterocycles. The number of fused-ring (bicyclic) bond motifs is 1. The predicted molar refractivity (Wildman–Crippen MR) is 119 cm³/mol. The molecule has 0 radical (unpaired) electrons. The van der Waals surface area contributed by atoms with E-state index in [9.17, 15) is 5.26 Å². The van der Waals surface area contributed by atoms with E-state index >= 15 is 0 Å². The van der Waals surface area contributed by atoms with E-state index in [-0.39, 0.29) is 12.0 Å². The van der Waals surface area contributed by atoms with Gasteiger partial charge in [0.05, 0.1) is 30.4 Å². The number of nitriles is 1. The molecule has 2 heterocycles. The van der Waals surface area contributed by atoms with E-state index < -0.39 is 5.92 Å². The molecule has 2 aromatic carbocycles. The van der Waals surface area contributed by atoms with Gasteiger partial charge in [-0.05, 0) is 67.6 Å². The number of rotatable bonds is 5. The molecule has 7 nitrogen and oxygen atoms in total. The molecule has 0 spiro atoms. The monoisotopic (exact) mass is 428 g/mol. The van der Waals surface area contributed by atoms with Crippen LogP contribution in [0.25, 0.3) is 11.3 Å². The molecule has 1 saturated carbocycles. The summed E-state index contributed by atoms with van der Waals surface area (Å²) >= 11 is 0. The highest BCUT2D eigenvalue weighted by molar-refractivity contribution is 5.71. The Morgan fingerprint density at radius 3 is 2.41 bits per heavy atom. The van der Waals surface area contributed by atoms with Crippen LogP contribution in [0.3, 0.4) is 0 Å². The largest absolute Gasteiger partial charge is 0.497 e. The van der Waals surface area contributed by atoms with Crippen LogP contribution in [-0.4, -0.2) is 23.4 Å². The highest BCUT2D eigenvalue weighted by Crippen LogP contribution is 2.46. The summed E-state index contributed by atoms with van der Waals surface area (Å²) < 4.78 is 17.1. The van der Waals surface area contributed by atoms with Crippen LogP contribution >= 0.6 is 0 Å². The Balaban J connectivity index is 1.54. The molecule has 7 heteroatoms. The van der Waals surface area contributed by atoms with Gasteiger partial charge in [-0.15, -0.1) is 5.10 Å². The maximum absolute atomic E-state index is 9.89. The maximum Gasteiger partial charge on any atom is 0.244 e. The van der Waals surface area contributed by atoms with Gasteiger partial charge in [0.2, 0.25) is 11.8 Å². The van der Waals surface area contributed by atoms with E-state index in [1.165, 1.54) is 12.8 Å². The first kappa shape index (κ1) is 20.0. The smallest absolute Gasteiger partial charge is 0.244 e. The average molecular weight is 428 g/mol. The van der Waals surface area contributed by atoms with Crippen molar-refractivity contribution in [2.45, 2.75) is 37.7 Å². The van der Waals surface area contributed by atoms with Gasteiger partial charge in [-0.25, -0.2) is 0 Å². The highest BCUT2D eigenvalue weighted by atomic mass is 16.5. The number of ether oxygens (including phenoxy) is 3. The van der Waals surface area contributed by atoms with Crippen molar-refractivity contribution in [3.63, 3.8) is 0 Å². The summed E-state index contributed by atoms with van der Waals surface area (Å²) in [6.07, 6.45) is 4.93. The van der Waals surface area contributed by atoms with Crippen LogP contribution in [0, 0.1) is 11.3 Å². The van der Waals surface area contributed by atoms with Crippen LogP contribution in [0.4, 0.5) is 0 Å². The Labute approximate surface area is 186 Å². The lowest BCUT2D eigenvalue weighted by atomic mass is 9.83. The third-order valence-electron chi connectivity index (χ3n) is 6.14. The second-order valence-electron chi connectivity index (χ2n) is 8.06. The van der Waals surface area contributed by atoms with Crippen molar-refractivity contribution >= 4 is 0 Å². The second-order valence-corrected chi connectivity index (χ2v) is 8.06. The SMILES string of the molecule is COc1ccc(-c2[nH]nc3c2[C@@H](c2ccc(OC4CCCC4)cc2)C(C#N)=C(N)O3)cc1. The van der Waals surface area contributed by atoms with E-state index in [4.69, 9.17) is 19.9 Å². The molecule has 3 aromatic rings. The number of benzene rings is 2. The van der Waals surface area contributed by atoms with E-state index in [2.05, 4.69) is 16.3 Å². The first-order valence-electron chi connectivity index (χ1n) is 10.7. The Morgan fingerprint density at radius 2 is 1.75 bits per heavy atom. The number of hydrogen-bond acceptors (Lipinski definition) is 6. The van der Waals surface area contributed by atoms with Crippen molar-refractivity contribution < 1.29 is 14.2 Å². The number of allylic oxidation sites excluding steroid dienone is 1. The zero-order valence-corrected chi connectivity index (χ0v) is 17.8. The maximum atomic E-state index is 9.89. The van der Waals surface area contributed by atoms with Gasteiger partial charge in [-0.1, -0.05) is 12.1 Å². The molecule has 162 valence electrons. The minimum absolute atomic E-state index is 0.0732. The van der Waals surface area contributed by atoms with Crippen molar-refractivity contribution in [1.82, 2.24) is 10.2 Å². The molecule has 32 heavy (non-hydrogen) atoms. The van der Waals surface area contributed by atoms with Crippen LogP contribution in [0.5, 0.6) is 17.4 Å². The van der Waals surface area contributed by atoms with E-state index in [0.717, 1.165) is 46.7 Å². The lowest BCUT2D eigenvalue weighted by Crippen LogP contribution is -2.21. The van der Waals surface area contributed by atoms with Crippen LogP contribution < -0.4 is 19.9 Å². The van der Waals surface area contributed by atoms with Gasteiger partial charge < -0.3 is 19.9 Å². The molecule has 1 fully saturated rings. The van der Waals surface area contributed by atoms with Gasteiger partial charge in [-0.2, -0.15) is 5.26 Å². The topological polar surface area (TPSA) is 106 Å². The lowest BCUT2D eigenvalue weighted by Gasteiger charge is -2.24. The zero-order valence-electron chi connectivity index (χ0n) is 17.8. The summed E-state index contributed by atoms with van der Waals surface area (Å²) in [6, 6.07) is 17.8. The molecule has 0 amide bonds. The molecule has 3 N–H and O–H groups in total. The Kier molecular flexibility index (Phi) is 5.20. The normalized spacial score (nSPS) is 18.1. The standard InChI is InChI=1S/C25H24N4O3/c1-30-17-10-8-16(9-11-17)23-22-21(20(14-26)24(27)32-25(22)29-28-23)15-6-12-19(13-7-15)31-18-4-2-3-5-18/h6-13,18,21H,2-5,27H2,1H3,(H,28,29)/t21-/m0/s1. The van der Waals surface area contributed by atoms with Crippen LogP contribution in [0.15, 0.2) is 60.0 Å². The molecule has 5 rings (SSSR count). The van der Waals surface area contributed by atoms with E-state index in [1.54, 1.807) is 7.11 Å². The zero-order chi connectivity index (χ0) is 22.1. The molecule has 1 aliphatic carbocycles. The third kappa shape index (κ3) is 3.54. The Morgan fingerprint density at radius 1 is 1.06 bits per heavy atom. The lowest BCUT2D eigenvalue weighted by molar-refractivity contribution is 0.210. The highest BCUT2D eigenvalue weighted by Gasteiger charge is 2.35. The van der Waals surface area contributed by atoms with Crippen molar-refractivity contribution in [2.24, 2.45) is 5.73 Å². The van der Waals surface area contributed by atoms with Crippen molar-refractivity contribution in [2.75, 3.05) is 7.11 Å². The molecule has 0 saturated heterocycles. The first-order chi connectivity index (χ1) is 15.7. The Hall–Kier alpha value is -3.92. The Bertz CT molecular complexity index is 1180. The quantitative estimate of drug-likeness (QED) is 0.614. The van der Waals surface area contributed by atoms with Gasteiger partial charge in [0, 0.05) is 5.56 Å². The molecule has 0 bridgehead atoms. The van der Waals surface area contributed by atoms with Gasteiger partial charge in [0.1, 0.15) is 23.1 Å². The van der Waals surface area contributed by atoms with Gasteiger partial charge in [0.25, 0.3) is 0 Å². The summed E-state index contributed by atoms with van der Waals surface area (Å²) in [7, 11) is 1.63. The second kappa shape index (κ2) is 8.31. The number of aromatic amines is 1. The van der Waals surface area contributed by atoms with E-state index in [0.29, 0.717) is 11.5 Å². The number of aromatic nitrogens is 2. The van der Waals surface area contributed by atoms with Crippen LogP contribution in [-0.2, 0) is 0 Å². The van der Waals surface area contributed by atoms with E-state index in [1.807, 2.05) is 48.5 Å². The van der Waals surface area contributed by atoms with Crippen molar-refractivity contribution in [1.29, 1.82) is 5.26 Å². The number of H-pyrrole nitrogens is 1. The summed E-state index contributed by atoms with van der Waals surface area (Å²) in [5.41, 5.74) is 9.85. The van der Waals surface area contributed by atoms with Crippen LogP contribution in [0.2, 0.25) is 0 Å². The minimum atomic E-state index is -0.403. The van der Waals surface area contributed by atoms with Crippen LogP contribution in [0.1, 0.15) is 42.7 Å². The number of methoxy groups -OCH3 is 1. The molecular weight excluding hydrogens is 404 g/mol. The number of nitrogens with two attached hydrogens (primary N) is 1. The average Bonchev–Trinajstić information content (AvgIpc) is 3.49.